The molecular weight excluding hydrogens is 266 g/mol. The molecule has 3 N–H and O–H groups in total. The monoisotopic (exact) mass is 293 g/mol. The second-order valence-electron chi connectivity index (χ2n) is 6.03. The van der Waals surface area contributed by atoms with Crippen molar-refractivity contribution >= 4 is 5.96 Å². The maximum atomic E-state index is 10.5. The lowest BCUT2D eigenvalue weighted by Crippen LogP contribution is -2.39. The van der Waals surface area contributed by atoms with Gasteiger partial charge in [0.25, 0.3) is 0 Å². The third kappa shape index (κ3) is 5.04. The largest absolute Gasteiger partial charge is 0.383 e. The van der Waals surface area contributed by atoms with Gasteiger partial charge in [-0.25, -0.2) is 4.99 Å². The summed E-state index contributed by atoms with van der Waals surface area (Å²) in [5, 5.41) is 21.2. The molecule has 1 aromatic rings. The summed E-state index contributed by atoms with van der Waals surface area (Å²) in [6.07, 6.45) is 7.44. The van der Waals surface area contributed by atoms with Crippen LogP contribution in [0, 0.1) is 5.92 Å². The highest BCUT2D eigenvalue weighted by atomic mass is 16.3. The summed E-state index contributed by atoms with van der Waals surface area (Å²) < 4.78 is 1.69. The molecule has 0 radical (unpaired) electrons. The molecule has 0 bridgehead atoms. The van der Waals surface area contributed by atoms with Crippen LogP contribution in [0.15, 0.2) is 17.4 Å². The number of aromatic nitrogens is 2. The maximum absolute atomic E-state index is 10.5. The number of aliphatic hydroxyl groups is 1. The molecule has 1 saturated carbocycles. The highest BCUT2D eigenvalue weighted by molar-refractivity contribution is 5.79. The van der Waals surface area contributed by atoms with Gasteiger partial charge in [-0.05, 0) is 26.2 Å². The van der Waals surface area contributed by atoms with Crippen LogP contribution in [0.1, 0.15) is 38.7 Å². The number of aliphatic imine (C=N–C) groups is 1. The first-order valence-electron chi connectivity index (χ1n) is 7.75. The van der Waals surface area contributed by atoms with Crippen LogP contribution in [0.2, 0.25) is 0 Å². The first-order valence-corrected chi connectivity index (χ1v) is 7.75. The van der Waals surface area contributed by atoms with Gasteiger partial charge in [-0.3, -0.25) is 4.68 Å². The Morgan fingerprint density at radius 1 is 1.52 bits per heavy atom. The number of hydrogen-bond acceptors (Lipinski definition) is 3. The third-order valence-electron chi connectivity index (χ3n) is 3.76. The second kappa shape index (κ2) is 6.93. The number of rotatable bonds is 7. The van der Waals surface area contributed by atoms with Crippen molar-refractivity contribution in [3.8, 4) is 0 Å². The normalized spacial score (nSPS) is 18.4. The molecule has 0 aliphatic heterocycles. The summed E-state index contributed by atoms with van der Waals surface area (Å²) in [5.41, 5.74) is -0.227. The van der Waals surface area contributed by atoms with Gasteiger partial charge in [0.05, 0.1) is 12.7 Å². The van der Waals surface area contributed by atoms with Gasteiger partial charge in [0.1, 0.15) is 5.60 Å². The summed E-state index contributed by atoms with van der Waals surface area (Å²) in [7, 11) is 1.84. The fourth-order valence-corrected chi connectivity index (χ4v) is 2.17. The molecule has 0 spiro atoms. The van der Waals surface area contributed by atoms with E-state index in [1.54, 1.807) is 17.8 Å². The Morgan fingerprint density at radius 2 is 2.29 bits per heavy atom. The van der Waals surface area contributed by atoms with Gasteiger partial charge in [0, 0.05) is 31.9 Å². The zero-order chi connectivity index (χ0) is 15.3. The van der Waals surface area contributed by atoms with E-state index in [9.17, 15) is 5.11 Å². The van der Waals surface area contributed by atoms with Crippen molar-refractivity contribution in [1.82, 2.24) is 20.4 Å². The van der Waals surface area contributed by atoms with E-state index in [0.29, 0.717) is 6.54 Å². The van der Waals surface area contributed by atoms with Crippen LogP contribution < -0.4 is 10.6 Å². The second-order valence-corrected chi connectivity index (χ2v) is 6.03. The maximum Gasteiger partial charge on any atom is 0.191 e. The lowest BCUT2D eigenvalue weighted by Gasteiger charge is -2.20. The quantitative estimate of drug-likeness (QED) is 0.517. The van der Waals surface area contributed by atoms with E-state index in [-0.39, 0.29) is 0 Å². The molecule has 1 aliphatic rings. The summed E-state index contributed by atoms with van der Waals surface area (Å²) >= 11 is 0. The summed E-state index contributed by atoms with van der Waals surface area (Å²) in [6, 6.07) is 0. The lowest BCUT2D eigenvalue weighted by molar-refractivity contribution is 0.0672. The van der Waals surface area contributed by atoms with Crippen LogP contribution in [0.25, 0.3) is 0 Å². The standard InChI is InChI=1S/C15H27N5O/c1-4-16-14(17-8-7-12-5-6-12)18-11-15(2,21)13-9-19-20(3)10-13/h9-10,12,21H,4-8,11H2,1-3H3,(H2,16,17,18). The lowest BCUT2D eigenvalue weighted by atomic mass is 10.0. The minimum Gasteiger partial charge on any atom is -0.383 e. The smallest absolute Gasteiger partial charge is 0.191 e. The van der Waals surface area contributed by atoms with Gasteiger partial charge in [-0.1, -0.05) is 12.8 Å². The van der Waals surface area contributed by atoms with Gasteiger partial charge in [0.2, 0.25) is 0 Å². The summed E-state index contributed by atoms with van der Waals surface area (Å²) in [6.45, 7) is 5.85. The first-order chi connectivity index (χ1) is 10.0. The predicted molar refractivity (Wildman–Crippen MR) is 84.1 cm³/mol. The van der Waals surface area contributed by atoms with Gasteiger partial charge >= 0.3 is 0 Å². The van der Waals surface area contributed by atoms with Crippen molar-refractivity contribution < 1.29 is 5.11 Å². The molecule has 0 amide bonds. The van der Waals surface area contributed by atoms with Crippen molar-refractivity contribution in [1.29, 1.82) is 0 Å². The van der Waals surface area contributed by atoms with E-state index >= 15 is 0 Å². The molecule has 21 heavy (non-hydrogen) atoms. The van der Waals surface area contributed by atoms with Crippen molar-refractivity contribution in [2.24, 2.45) is 18.0 Å². The number of nitrogens with one attached hydrogen (secondary N) is 2. The van der Waals surface area contributed by atoms with Crippen LogP contribution in [-0.4, -0.2) is 40.5 Å². The van der Waals surface area contributed by atoms with Gasteiger partial charge in [-0.2, -0.15) is 5.10 Å². The molecule has 1 atom stereocenters. The minimum atomic E-state index is -1.01. The molecule has 1 fully saturated rings. The average molecular weight is 293 g/mol. The molecule has 1 unspecified atom stereocenters. The Balaban J connectivity index is 1.89. The molecule has 1 aromatic heterocycles. The average Bonchev–Trinajstić information content (AvgIpc) is 3.15. The van der Waals surface area contributed by atoms with E-state index < -0.39 is 5.60 Å². The van der Waals surface area contributed by atoms with Crippen LogP contribution in [0.5, 0.6) is 0 Å². The van der Waals surface area contributed by atoms with Crippen LogP contribution >= 0.6 is 0 Å². The van der Waals surface area contributed by atoms with E-state index in [2.05, 4.69) is 20.7 Å². The number of nitrogens with zero attached hydrogens (tertiary/aromatic N) is 3. The van der Waals surface area contributed by atoms with Crippen molar-refractivity contribution in [2.75, 3.05) is 19.6 Å². The fourth-order valence-electron chi connectivity index (χ4n) is 2.17. The van der Waals surface area contributed by atoms with Gasteiger partial charge in [0.15, 0.2) is 5.96 Å². The Bertz CT molecular complexity index is 476. The predicted octanol–water partition coefficient (Wildman–Crippen LogP) is 0.983. The molecule has 0 aromatic carbocycles. The zero-order valence-corrected chi connectivity index (χ0v) is 13.3. The SMILES string of the molecule is CCNC(=NCC(C)(O)c1cnn(C)c1)NCCC1CC1. The molecule has 6 nitrogen and oxygen atoms in total. The number of guanidine groups is 1. The highest BCUT2D eigenvalue weighted by Gasteiger charge is 2.25. The van der Waals surface area contributed by atoms with E-state index in [1.165, 1.54) is 19.3 Å². The number of aryl methyl sites for hydroxylation is 1. The Labute approximate surface area is 126 Å². The van der Waals surface area contributed by atoms with Crippen molar-refractivity contribution in [3.05, 3.63) is 18.0 Å². The molecule has 1 heterocycles. The van der Waals surface area contributed by atoms with Crippen molar-refractivity contribution in [3.63, 3.8) is 0 Å². The van der Waals surface area contributed by atoms with E-state index in [0.717, 1.165) is 30.5 Å². The molecule has 1 aliphatic carbocycles. The summed E-state index contributed by atoms with van der Waals surface area (Å²) in [5.74, 6) is 1.67. The minimum absolute atomic E-state index is 0.303. The molecule has 118 valence electrons. The zero-order valence-electron chi connectivity index (χ0n) is 13.3. The van der Waals surface area contributed by atoms with Gasteiger partial charge in [-0.15, -0.1) is 0 Å². The van der Waals surface area contributed by atoms with Crippen molar-refractivity contribution in [2.45, 2.75) is 38.7 Å². The van der Waals surface area contributed by atoms with E-state index in [4.69, 9.17) is 0 Å². The molecular formula is C15H27N5O. The Kier molecular flexibility index (Phi) is 5.22. The third-order valence-corrected chi connectivity index (χ3v) is 3.76. The Morgan fingerprint density at radius 3 is 2.86 bits per heavy atom. The number of hydrogen-bond donors (Lipinski definition) is 3. The fraction of sp³-hybridized carbons (Fsp3) is 0.733. The topological polar surface area (TPSA) is 74.5 Å². The molecule has 0 saturated heterocycles. The molecule has 2 rings (SSSR count). The first kappa shape index (κ1) is 15.8. The van der Waals surface area contributed by atoms with Crippen LogP contribution in [-0.2, 0) is 12.6 Å². The Hall–Kier alpha value is -1.56. The van der Waals surface area contributed by atoms with Crippen LogP contribution in [0.3, 0.4) is 0 Å². The highest BCUT2D eigenvalue weighted by Crippen LogP contribution is 2.31. The molecule has 6 heteroatoms. The summed E-state index contributed by atoms with van der Waals surface area (Å²) in [4.78, 5) is 4.50. The van der Waals surface area contributed by atoms with Gasteiger partial charge < -0.3 is 15.7 Å². The van der Waals surface area contributed by atoms with E-state index in [1.807, 2.05) is 20.2 Å². The van der Waals surface area contributed by atoms with Crippen LogP contribution in [0.4, 0.5) is 0 Å².